The van der Waals surface area contributed by atoms with E-state index in [1.165, 1.54) is 12.1 Å². The van der Waals surface area contributed by atoms with Gasteiger partial charge in [0.05, 0.1) is 33.3 Å². The molecule has 2 aromatic heterocycles. The number of carbonyl (C=O) groups is 3. The van der Waals surface area contributed by atoms with Crippen LogP contribution in [0.15, 0.2) is 30.3 Å². The van der Waals surface area contributed by atoms with Crippen LogP contribution in [0.4, 0.5) is 0 Å². The van der Waals surface area contributed by atoms with Gasteiger partial charge in [-0.25, -0.2) is 14.5 Å². The van der Waals surface area contributed by atoms with E-state index in [4.69, 9.17) is 9.82 Å². The number of pyridine rings is 1. The smallest absolute Gasteiger partial charge is 0.324 e. The van der Waals surface area contributed by atoms with Crippen LogP contribution in [-0.4, -0.2) is 37.6 Å². The van der Waals surface area contributed by atoms with Crippen molar-refractivity contribution in [2.45, 2.75) is 53.0 Å². The molecular formula is C23H24N4O4. The van der Waals surface area contributed by atoms with Gasteiger partial charge in [0.2, 0.25) is 0 Å². The monoisotopic (exact) mass is 420 g/mol. The van der Waals surface area contributed by atoms with E-state index in [1.54, 1.807) is 29.8 Å². The lowest BCUT2D eigenvalue weighted by Crippen LogP contribution is -2.32. The molecule has 1 aliphatic rings. The second kappa shape index (κ2) is 7.01. The summed E-state index contributed by atoms with van der Waals surface area (Å²) in [6.45, 7) is 11.7. The van der Waals surface area contributed by atoms with Crippen molar-refractivity contribution in [2.75, 3.05) is 0 Å². The first-order chi connectivity index (χ1) is 14.5. The van der Waals surface area contributed by atoms with Crippen LogP contribution >= 0.6 is 0 Å². The molecule has 0 spiro atoms. The molecule has 3 heterocycles. The summed E-state index contributed by atoms with van der Waals surface area (Å²) in [5.41, 5.74) is 2.14. The molecule has 1 aliphatic heterocycles. The van der Waals surface area contributed by atoms with E-state index in [2.05, 4.69) is 5.10 Å². The number of carbonyl (C=O) groups excluding carboxylic acids is 3. The summed E-state index contributed by atoms with van der Waals surface area (Å²) in [7, 11) is 0. The molecule has 0 fully saturated rings. The van der Waals surface area contributed by atoms with E-state index in [9.17, 15) is 14.4 Å². The Labute approximate surface area is 179 Å². The predicted molar refractivity (Wildman–Crippen MR) is 114 cm³/mol. The number of amides is 2. The molecule has 0 bridgehead atoms. The zero-order valence-corrected chi connectivity index (χ0v) is 18.4. The SMILES string of the molecule is Cc1nn(C(C)(C)C)c2nc(C(C)C)cc(C(=O)ON3C(=O)c4ccccc4C3=O)c12. The number of hydroxylamine groups is 2. The van der Waals surface area contributed by atoms with Crippen LogP contribution < -0.4 is 0 Å². The Morgan fingerprint density at radius 2 is 1.65 bits per heavy atom. The molecule has 3 aromatic rings. The van der Waals surface area contributed by atoms with Crippen LogP contribution in [0.25, 0.3) is 11.0 Å². The molecule has 0 radical (unpaired) electrons. The van der Waals surface area contributed by atoms with Crippen LogP contribution in [0.1, 0.15) is 83.0 Å². The fourth-order valence-electron chi connectivity index (χ4n) is 3.61. The lowest BCUT2D eigenvalue weighted by Gasteiger charge is -2.20. The fourth-order valence-corrected chi connectivity index (χ4v) is 3.61. The first kappa shape index (κ1) is 20.7. The maximum atomic E-state index is 13.2. The van der Waals surface area contributed by atoms with Crippen LogP contribution in [0, 0.1) is 6.92 Å². The van der Waals surface area contributed by atoms with Gasteiger partial charge in [-0.15, -0.1) is 0 Å². The number of aromatic nitrogens is 3. The van der Waals surface area contributed by atoms with Gasteiger partial charge in [0.1, 0.15) is 0 Å². The van der Waals surface area contributed by atoms with Crippen LogP contribution in [0.2, 0.25) is 0 Å². The average Bonchev–Trinajstić information content (AvgIpc) is 3.17. The third kappa shape index (κ3) is 3.28. The van der Waals surface area contributed by atoms with E-state index in [0.29, 0.717) is 27.5 Å². The summed E-state index contributed by atoms with van der Waals surface area (Å²) in [6.07, 6.45) is 0. The van der Waals surface area contributed by atoms with Gasteiger partial charge < -0.3 is 4.84 Å². The summed E-state index contributed by atoms with van der Waals surface area (Å²) in [5.74, 6) is -2.09. The number of aryl methyl sites for hydroxylation is 1. The fraction of sp³-hybridized carbons (Fsp3) is 0.348. The van der Waals surface area contributed by atoms with Crippen molar-refractivity contribution >= 4 is 28.8 Å². The lowest BCUT2D eigenvalue weighted by molar-refractivity contribution is -0.0583. The summed E-state index contributed by atoms with van der Waals surface area (Å²) in [4.78, 5) is 48.5. The van der Waals surface area contributed by atoms with Crippen molar-refractivity contribution in [3.8, 4) is 0 Å². The number of benzene rings is 1. The van der Waals surface area contributed by atoms with Crippen molar-refractivity contribution in [3.63, 3.8) is 0 Å². The number of hydrogen-bond donors (Lipinski definition) is 0. The molecule has 0 atom stereocenters. The zero-order valence-electron chi connectivity index (χ0n) is 18.4. The maximum Gasteiger partial charge on any atom is 0.364 e. The van der Waals surface area contributed by atoms with Crippen LogP contribution in [0.5, 0.6) is 0 Å². The molecule has 4 rings (SSSR count). The Morgan fingerprint density at radius 1 is 1.06 bits per heavy atom. The molecule has 160 valence electrons. The van der Waals surface area contributed by atoms with Crippen molar-refractivity contribution in [3.05, 3.63) is 58.4 Å². The molecule has 8 heteroatoms. The summed E-state index contributed by atoms with van der Waals surface area (Å²) < 4.78 is 1.78. The minimum absolute atomic E-state index is 0.0406. The van der Waals surface area contributed by atoms with Gasteiger partial charge in [-0.3, -0.25) is 9.59 Å². The number of hydrogen-bond acceptors (Lipinski definition) is 6. The Kier molecular flexibility index (Phi) is 4.68. The first-order valence-corrected chi connectivity index (χ1v) is 10.1. The largest absolute Gasteiger partial charge is 0.364 e. The van der Waals surface area contributed by atoms with Gasteiger partial charge in [-0.1, -0.05) is 31.0 Å². The highest BCUT2D eigenvalue weighted by Gasteiger charge is 2.39. The first-order valence-electron chi connectivity index (χ1n) is 10.1. The molecule has 0 aliphatic carbocycles. The zero-order chi connectivity index (χ0) is 22.7. The molecule has 1 aromatic carbocycles. The second-order valence-corrected chi connectivity index (χ2v) is 8.95. The van der Waals surface area contributed by atoms with Gasteiger partial charge >= 0.3 is 5.97 Å². The Bertz CT molecular complexity index is 1220. The van der Waals surface area contributed by atoms with Crippen LogP contribution in [0.3, 0.4) is 0 Å². The Balaban J connectivity index is 1.81. The Morgan fingerprint density at radius 3 is 2.16 bits per heavy atom. The van der Waals surface area contributed by atoms with Crippen molar-refractivity contribution in [1.82, 2.24) is 19.8 Å². The van der Waals surface area contributed by atoms with E-state index in [-0.39, 0.29) is 28.1 Å². The summed E-state index contributed by atoms with van der Waals surface area (Å²) in [6, 6.07) is 8.02. The summed E-state index contributed by atoms with van der Waals surface area (Å²) >= 11 is 0. The van der Waals surface area contributed by atoms with E-state index in [0.717, 1.165) is 0 Å². The van der Waals surface area contributed by atoms with Gasteiger partial charge in [0, 0.05) is 5.69 Å². The topological polar surface area (TPSA) is 94.4 Å². The van der Waals surface area contributed by atoms with Crippen molar-refractivity contribution < 1.29 is 19.2 Å². The number of imide groups is 1. The highest BCUT2D eigenvalue weighted by Crippen LogP contribution is 2.30. The number of rotatable bonds is 3. The quantitative estimate of drug-likeness (QED) is 0.595. The molecule has 0 unspecified atom stereocenters. The highest BCUT2D eigenvalue weighted by molar-refractivity contribution is 6.21. The maximum absolute atomic E-state index is 13.2. The van der Waals surface area contributed by atoms with Crippen molar-refractivity contribution in [1.29, 1.82) is 0 Å². The van der Waals surface area contributed by atoms with Gasteiger partial charge in [0.15, 0.2) is 5.65 Å². The lowest BCUT2D eigenvalue weighted by atomic mass is 10.0. The number of nitrogens with zero attached hydrogens (tertiary/aromatic N) is 4. The second-order valence-electron chi connectivity index (χ2n) is 8.95. The molecule has 8 nitrogen and oxygen atoms in total. The third-order valence-electron chi connectivity index (χ3n) is 5.21. The third-order valence-corrected chi connectivity index (χ3v) is 5.21. The van der Waals surface area contributed by atoms with Gasteiger partial charge in [0.25, 0.3) is 11.8 Å². The standard InChI is InChI=1S/C23H24N4O4/c1-12(2)17-11-16(18-13(3)25-27(19(18)24-17)23(4,5)6)22(30)31-26-20(28)14-9-7-8-10-15(14)21(26)29/h7-12H,1-6H3. The van der Waals surface area contributed by atoms with Gasteiger partial charge in [-0.2, -0.15) is 5.10 Å². The molecule has 31 heavy (non-hydrogen) atoms. The molecule has 0 N–H and O–H groups in total. The summed E-state index contributed by atoms with van der Waals surface area (Å²) in [5, 5.41) is 5.67. The van der Waals surface area contributed by atoms with E-state index < -0.39 is 17.8 Å². The number of fused-ring (bicyclic) bond motifs is 2. The minimum atomic E-state index is -0.805. The van der Waals surface area contributed by atoms with E-state index >= 15 is 0 Å². The highest BCUT2D eigenvalue weighted by atomic mass is 16.7. The predicted octanol–water partition coefficient (Wildman–Crippen LogP) is 3.99. The van der Waals surface area contributed by atoms with Gasteiger partial charge in [-0.05, 0) is 51.8 Å². The van der Waals surface area contributed by atoms with Crippen molar-refractivity contribution in [2.24, 2.45) is 0 Å². The molecule has 0 saturated carbocycles. The van der Waals surface area contributed by atoms with Crippen LogP contribution in [-0.2, 0) is 10.4 Å². The Hall–Kier alpha value is -3.55. The van der Waals surface area contributed by atoms with E-state index in [1.807, 2.05) is 34.6 Å². The average molecular weight is 420 g/mol. The molecule has 2 amide bonds. The minimum Gasteiger partial charge on any atom is -0.324 e. The molecule has 0 saturated heterocycles. The molecular weight excluding hydrogens is 396 g/mol. The normalized spacial score (nSPS) is 14.0.